The standard InChI is InChI=1S/C9H9NO2/c1-5-3-2-4-6-7(5)9(12)10-8(6)11/h2-4,8,11H,1H3,(H,10,12). The molecule has 0 saturated heterocycles. The van der Waals surface area contributed by atoms with Crippen LogP contribution in [0.4, 0.5) is 0 Å². The van der Waals surface area contributed by atoms with Crippen LogP contribution in [0, 0.1) is 6.92 Å². The van der Waals surface area contributed by atoms with Gasteiger partial charge in [-0.1, -0.05) is 18.2 Å². The fourth-order valence-electron chi connectivity index (χ4n) is 1.50. The molecule has 0 spiro atoms. The second kappa shape index (κ2) is 2.32. The molecular formula is C9H9NO2. The normalized spacial score (nSPS) is 20.5. The van der Waals surface area contributed by atoms with Gasteiger partial charge in [0.15, 0.2) is 6.23 Å². The minimum atomic E-state index is -0.826. The Kier molecular flexibility index (Phi) is 1.41. The lowest BCUT2D eigenvalue weighted by Crippen LogP contribution is -2.18. The summed E-state index contributed by atoms with van der Waals surface area (Å²) in [6.07, 6.45) is -0.826. The second-order valence-corrected chi connectivity index (χ2v) is 2.92. The number of nitrogens with one attached hydrogen (secondary N) is 1. The van der Waals surface area contributed by atoms with Gasteiger partial charge in [0.05, 0.1) is 0 Å². The second-order valence-electron chi connectivity index (χ2n) is 2.92. The van der Waals surface area contributed by atoms with Gasteiger partial charge < -0.3 is 10.4 Å². The van der Waals surface area contributed by atoms with E-state index in [1.807, 2.05) is 19.1 Å². The molecule has 1 aromatic rings. The van der Waals surface area contributed by atoms with Gasteiger partial charge in [-0.05, 0) is 12.5 Å². The van der Waals surface area contributed by atoms with E-state index in [-0.39, 0.29) is 5.91 Å². The van der Waals surface area contributed by atoms with Gasteiger partial charge in [-0.3, -0.25) is 4.79 Å². The molecule has 3 nitrogen and oxygen atoms in total. The molecule has 12 heavy (non-hydrogen) atoms. The lowest BCUT2D eigenvalue weighted by molar-refractivity contribution is 0.0850. The minimum absolute atomic E-state index is 0.185. The van der Waals surface area contributed by atoms with E-state index < -0.39 is 6.23 Å². The molecule has 1 heterocycles. The summed E-state index contributed by atoms with van der Waals surface area (Å²) in [6.45, 7) is 1.86. The van der Waals surface area contributed by atoms with Crippen molar-refractivity contribution in [3.05, 3.63) is 34.9 Å². The van der Waals surface area contributed by atoms with Crippen LogP contribution >= 0.6 is 0 Å². The van der Waals surface area contributed by atoms with Crippen molar-refractivity contribution in [2.45, 2.75) is 13.2 Å². The van der Waals surface area contributed by atoms with Crippen molar-refractivity contribution in [1.29, 1.82) is 0 Å². The highest BCUT2D eigenvalue weighted by molar-refractivity contribution is 6.00. The number of aryl methyl sites for hydroxylation is 1. The van der Waals surface area contributed by atoms with Gasteiger partial charge in [-0.15, -0.1) is 0 Å². The Balaban J connectivity index is 2.67. The van der Waals surface area contributed by atoms with Crippen LogP contribution in [0.2, 0.25) is 0 Å². The first-order valence-corrected chi connectivity index (χ1v) is 3.78. The van der Waals surface area contributed by atoms with Gasteiger partial charge >= 0.3 is 0 Å². The molecule has 0 aliphatic carbocycles. The number of aliphatic hydroxyl groups excluding tert-OH is 1. The van der Waals surface area contributed by atoms with Gasteiger partial charge in [0.25, 0.3) is 5.91 Å². The summed E-state index contributed by atoms with van der Waals surface area (Å²) in [5, 5.41) is 11.8. The molecule has 0 bridgehead atoms. The topological polar surface area (TPSA) is 49.3 Å². The zero-order chi connectivity index (χ0) is 8.72. The third-order valence-electron chi connectivity index (χ3n) is 2.09. The van der Waals surface area contributed by atoms with Crippen molar-refractivity contribution in [2.75, 3.05) is 0 Å². The average molecular weight is 163 g/mol. The molecule has 1 aromatic carbocycles. The number of carbonyl (C=O) groups excluding carboxylic acids is 1. The molecule has 62 valence electrons. The van der Waals surface area contributed by atoms with Gasteiger partial charge in [0, 0.05) is 11.1 Å². The van der Waals surface area contributed by atoms with Crippen LogP contribution in [-0.4, -0.2) is 11.0 Å². The van der Waals surface area contributed by atoms with Crippen molar-refractivity contribution >= 4 is 5.91 Å². The molecule has 1 amide bonds. The predicted molar refractivity (Wildman–Crippen MR) is 43.6 cm³/mol. The van der Waals surface area contributed by atoms with Gasteiger partial charge in [0.2, 0.25) is 0 Å². The summed E-state index contributed by atoms with van der Waals surface area (Å²) < 4.78 is 0. The quantitative estimate of drug-likeness (QED) is 0.592. The Labute approximate surface area is 70.0 Å². The van der Waals surface area contributed by atoms with E-state index in [0.717, 1.165) is 5.56 Å². The molecule has 1 aliphatic heterocycles. The van der Waals surface area contributed by atoms with E-state index in [4.69, 9.17) is 0 Å². The first-order chi connectivity index (χ1) is 5.70. The Hall–Kier alpha value is -1.35. The van der Waals surface area contributed by atoms with Crippen LogP contribution in [0.3, 0.4) is 0 Å². The Morgan fingerprint density at radius 3 is 2.92 bits per heavy atom. The summed E-state index contributed by atoms with van der Waals surface area (Å²) in [5.41, 5.74) is 2.20. The fraction of sp³-hybridized carbons (Fsp3) is 0.222. The number of fused-ring (bicyclic) bond motifs is 1. The summed E-state index contributed by atoms with van der Waals surface area (Å²) in [6, 6.07) is 5.44. The summed E-state index contributed by atoms with van der Waals surface area (Å²) in [5.74, 6) is -0.185. The number of amides is 1. The third kappa shape index (κ3) is 0.833. The molecule has 1 atom stereocenters. The van der Waals surface area contributed by atoms with Crippen LogP contribution in [0.25, 0.3) is 0 Å². The van der Waals surface area contributed by atoms with Crippen molar-refractivity contribution in [2.24, 2.45) is 0 Å². The fourth-order valence-corrected chi connectivity index (χ4v) is 1.50. The molecular weight excluding hydrogens is 154 g/mol. The van der Waals surface area contributed by atoms with E-state index in [1.165, 1.54) is 0 Å². The maximum atomic E-state index is 11.2. The lowest BCUT2D eigenvalue weighted by Gasteiger charge is -2.01. The first kappa shape index (κ1) is 7.31. The minimum Gasteiger partial charge on any atom is -0.369 e. The number of benzene rings is 1. The van der Waals surface area contributed by atoms with Crippen molar-refractivity contribution < 1.29 is 9.90 Å². The van der Waals surface area contributed by atoms with Gasteiger partial charge in [0.1, 0.15) is 0 Å². The molecule has 2 N–H and O–H groups in total. The number of rotatable bonds is 0. The highest BCUT2D eigenvalue weighted by Gasteiger charge is 2.27. The Morgan fingerprint density at radius 2 is 2.25 bits per heavy atom. The molecule has 0 saturated carbocycles. The molecule has 0 aromatic heterocycles. The monoisotopic (exact) mass is 163 g/mol. The Bertz CT molecular complexity index is 346. The number of hydrogen-bond acceptors (Lipinski definition) is 2. The van der Waals surface area contributed by atoms with Crippen LogP contribution in [0.5, 0.6) is 0 Å². The van der Waals surface area contributed by atoms with Crippen LogP contribution in [0.1, 0.15) is 27.7 Å². The van der Waals surface area contributed by atoms with Crippen molar-refractivity contribution in [1.82, 2.24) is 5.32 Å². The molecule has 0 radical (unpaired) electrons. The van der Waals surface area contributed by atoms with Crippen LogP contribution < -0.4 is 5.32 Å². The SMILES string of the molecule is Cc1cccc2c1C(=O)NC2O. The third-order valence-corrected chi connectivity index (χ3v) is 2.09. The van der Waals surface area contributed by atoms with E-state index >= 15 is 0 Å². The first-order valence-electron chi connectivity index (χ1n) is 3.78. The van der Waals surface area contributed by atoms with Gasteiger partial charge in [-0.2, -0.15) is 0 Å². The molecule has 3 heteroatoms. The summed E-state index contributed by atoms with van der Waals surface area (Å²) >= 11 is 0. The van der Waals surface area contributed by atoms with Crippen LogP contribution in [0.15, 0.2) is 18.2 Å². The van der Waals surface area contributed by atoms with Crippen LogP contribution in [-0.2, 0) is 0 Å². The predicted octanol–water partition coefficient (Wildman–Crippen LogP) is 0.729. The number of hydrogen-bond donors (Lipinski definition) is 2. The number of aliphatic hydroxyl groups is 1. The summed E-state index contributed by atoms with van der Waals surface area (Å²) in [4.78, 5) is 11.2. The van der Waals surface area contributed by atoms with E-state index in [1.54, 1.807) is 6.07 Å². The van der Waals surface area contributed by atoms with Crippen molar-refractivity contribution in [3.8, 4) is 0 Å². The average Bonchev–Trinajstić information content (AvgIpc) is 2.29. The highest BCUT2D eigenvalue weighted by atomic mass is 16.3. The van der Waals surface area contributed by atoms with Crippen molar-refractivity contribution in [3.63, 3.8) is 0 Å². The lowest BCUT2D eigenvalue weighted by atomic mass is 10.0. The molecule has 1 unspecified atom stereocenters. The summed E-state index contributed by atoms with van der Waals surface area (Å²) in [7, 11) is 0. The van der Waals surface area contributed by atoms with E-state index in [0.29, 0.717) is 11.1 Å². The van der Waals surface area contributed by atoms with Gasteiger partial charge in [-0.25, -0.2) is 0 Å². The maximum absolute atomic E-state index is 11.2. The maximum Gasteiger partial charge on any atom is 0.254 e. The molecule has 2 rings (SSSR count). The highest BCUT2D eigenvalue weighted by Crippen LogP contribution is 2.25. The molecule has 1 aliphatic rings. The molecule has 0 fully saturated rings. The zero-order valence-corrected chi connectivity index (χ0v) is 6.66. The largest absolute Gasteiger partial charge is 0.369 e. The van der Waals surface area contributed by atoms with E-state index in [2.05, 4.69) is 5.32 Å². The zero-order valence-electron chi connectivity index (χ0n) is 6.66. The smallest absolute Gasteiger partial charge is 0.254 e. The number of carbonyl (C=O) groups is 1. The Morgan fingerprint density at radius 1 is 1.50 bits per heavy atom. The van der Waals surface area contributed by atoms with E-state index in [9.17, 15) is 9.90 Å².